The molecule has 7 heteroatoms. The van der Waals surface area contributed by atoms with Crippen molar-refractivity contribution in [3.05, 3.63) is 24.3 Å². The molecule has 0 spiro atoms. The molecular weight excluding hydrogens is 292 g/mol. The van der Waals surface area contributed by atoms with E-state index >= 15 is 0 Å². The maximum Gasteiger partial charge on any atom is 0.276 e. The highest BCUT2D eigenvalue weighted by atomic mass is 32.2. The summed E-state index contributed by atoms with van der Waals surface area (Å²) >= 11 is 1.39. The molecule has 0 aliphatic heterocycles. The van der Waals surface area contributed by atoms with Gasteiger partial charge in [-0.15, -0.1) is 0 Å². The van der Waals surface area contributed by atoms with E-state index in [4.69, 9.17) is 9.47 Å². The molecule has 0 aliphatic rings. The van der Waals surface area contributed by atoms with Crippen LogP contribution in [0.15, 0.2) is 24.3 Å². The average molecular weight is 312 g/mol. The molecule has 1 rings (SSSR count). The van der Waals surface area contributed by atoms with Crippen LogP contribution in [-0.2, 0) is 9.59 Å². The van der Waals surface area contributed by atoms with Gasteiger partial charge in [0.2, 0.25) is 0 Å². The number of carbonyl (C=O) groups excluding carboxylic acids is 2. The predicted octanol–water partition coefficient (Wildman–Crippen LogP) is 1.36. The van der Waals surface area contributed by atoms with Gasteiger partial charge in [-0.3, -0.25) is 20.4 Å². The zero-order valence-electron chi connectivity index (χ0n) is 12.3. The number of hydrogen-bond donors (Lipinski definition) is 2. The monoisotopic (exact) mass is 312 g/mol. The minimum Gasteiger partial charge on any atom is -0.490 e. The molecule has 0 fully saturated rings. The highest BCUT2D eigenvalue weighted by Gasteiger charge is 2.12. The number of amides is 2. The van der Waals surface area contributed by atoms with Gasteiger partial charge in [0.1, 0.15) is 0 Å². The molecule has 116 valence electrons. The number of thioether (sulfide) groups is 1. The topological polar surface area (TPSA) is 76.7 Å². The Morgan fingerprint density at radius 1 is 1.19 bits per heavy atom. The first-order valence-electron chi connectivity index (χ1n) is 6.54. The molecule has 2 N–H and O–H groups in total. The van der Waals surface area contributed by atoms with Crippen molar-refractivity contribution in [1.29, 1.82) is 0 Å². The minimum absolute atomic E-state index is 0.210. The summed E-state index contributed by atoms with van der Waals surface area (Å²) in [6, 6.07) is 7.09. The lowest BCUT2D eigenvalue weighted by Crippen LogP contribution is -2.46. The summed E-state index contributed by atoms with van der Waals surface area (Å²) in [7, 11) is 0. The van der Waals surface area contributed by atoms with Crippen molar-refractivity contribution in [3.8, 4) is 11.5 Å². The normalized spacial score (nSPS) is 11.4. The fraction of sp³-hybridized carbons (Fsp3) is 0.429. The summed E-state index contributed by atoms with van der Waals surface area (Å²) in [5.74, 6) is 0.361. The van der Waals surface area contributed by atoms with Crippen LogP contribution >= 0.6 is 11.8 Å². The standard InChI is InChI=1S/C14H20N2O4S/c1-4-19-11-7-5-6-8-12(11)20-9-13(17)15-16-14(18)10(2)21-3/h5-8,10H,4,9H2,1-3H3,(H,15,17)(H,16,18). The number of hydrazine groups is 1. The van der Waals surface area contributed by atoms with Crippen molar-refractivity contribution in [1.82, 2.24) is 10.9 Å². The van der Waals surface area contributed by atoms with Gasteiger partial charge in [-0.25, -0.2) is 0 Å². The second-order valence-corrected chi connectivity index (χ2v) is 5.26. The third-order valence-corrected chi connectivity index (χ3v) is 3.48. The molecule has 0 bridgehead atoms. The Bertz CT molecular complexity index is 482. The predicted molar refractivity (Wildman–Crippen MR) is 82.4 cm³/mol. The van der Waals surface area contributed by atoms with Gasteiger partial charge in [-0.05, 0) is 32.2 Å². The number of ether oxygens (including phenoxy) is 2. The van der Waals surface area contributed by atoms with E-state index in [1.807, 2.05) is 19.2 Å². The Kier molecular flexibility index (Phi) is 7.45. The summed E-state index contributed by atoms with van der Waals surface area (Å²) in [5, 5.41) is -0.232. The zero-order valence-corrected chi connectivity index (χ0v) is 13.2. The molecule has 0 saturated carbocycles. The van der Waals surface area contributed by atoms with Crippen molar-refractivity contribution in [2.75, 3.05) is 19.5 Å². The first-order chi connectivity index (χ1) is 10.1. The van der Waals surface area contributed by atoms with E-state index in [0.717, 1.165) is 0 Å². The summed E-state index contributed by atoms with van der Waals surface area (Å²) in [5.41, 5.74) is 4.64. The van der Waals surface area contributed by atoms with E-state index < -0.39 is 5.91 Å². The Balaban J connectivity index is 2.41. The lowest BCUT2D eigenvalue weighted by molar-refractivity contribution is -0.129. The molecule has 0 aliphatic carbocycles. The number of carbonyl (C=O) groups is 2. The smallest absolute Gasteiger partial charge is 0.276 e. The van der Waals surface area contributed by atoms with Gasteiger partial charge < -0.3 is 9.47 Å². The number of hydrogen-bond acceptors (Lipinski definition) is 5. The number of rotatable bonds is 7. The van der Waals surface area contributed by atoms with Crippen LogP contribution in [0.2, 0.25) is 0 Å². The van der Waals surface area contributed by atoms with Crippen molar-refractivity contribution in [2.45, 2.75) is 19.1 Å². The Morgan fingerprint density at radius 3 is 2.38 bits per heavy atom. The van der Waals surface area contributed by atoms with Crippen molar-refractivity contribution >= 4 is 23.6 Å². The third-order valence-electron chi connectivity index (χ3n) is 2.56. The van der Waals surface area contributed by atoms with Crippen LogP contribution in [0.1, 0.15) is 13.8 Å². The van der Waals surface area contributed by atoms with Crippen molar-refractivity contribution in [3.63, 3.8) is 0 Å². The molecule has 1 aromatic rings. The lowest BCUT2D eigenvalue weighted by Gasteiger charge is -2.13. The van der Waals surface area contributed by atoms with E-state index in [0.29, 0.717) is 18.1 Å². The molecule has 21 heavy (non-hydrogen) atoms. The van der Waals surface area contributed by atoms with Crippen LogP contribution < -0.4 is 20.3 Å². The van der Waals surface area contributed by atoms with E-state index in [2.05, 4.69) is 10.9 Å². The molecule has 2 amide bonds. The van der Waals surface area contributed by atoms with Gasteiger partial charge in [0.25, 0.3) is 11.8 Å². The summed E-state index contributed by atoms with van der Waals surface area (Å²) in [6.07, 6.45) is 1.82. The van der Waals surface area contributed by atoms with Crippen LogP contribution in [0.25, 0.3) is 0 Å². The largest absolute Gasteiger partial charge is 0.490 e. The highest BCUT2D eigenvalue weighted by Crippen LogP contribution is 2.26. The van der Waals surface area contributed by atoms with Crippen LogP contribution in [0.4, 0.5) is 0 Å². The maximum absolute atomic E-state index is 11.6. The van der Waals surface area contributed by atoms with Crippen LogP contribution in [0.3, 0.4) is 0 Å². The third kappa shape index (κ3) is 5.95. The first kappa shape index (κ1) is 17.2. The van der Waals surface area contributed by atoms with Gasteiger partial charge in [-0.1, -0.05) is 12.1 Å². The van der Waals surface area contributed by atoms with E-state index in [1.54, 1.807) is 25.1 Å². The highest BCUT2D eigenvalue weighted by molar-refractivity contribution is 7.99. The molecule has 1 unspecified atom stereocenters. The average Bonchev–Trinajstić information content (AvgIpc) is 2.51. The van der Waals surface area contributed by atoms with Crippen LogP contribution in [-0.4, -0.2) is 36.5 Å². The zero-order chi connectivity index (χ0) is 15.7. The molecule has 6 nitrogen and oxygen atoms in total. The minimum atomic E-state index is -0.442. The number of benzene rings is 1. The van der Waals surface area contributed by atoms with Gasteiger partial charge in [0.15, 0.2) is 18.1 Å². The van der Waals surface area contributed by atoms with Gasteiger partial charge in [0, 0.05) is 0 Å². The molecule has 0 aromatic heterocycles. The van der Waals surface area contributed by atoms with Crippen molar-refractivity contribution in [2.24, 2.45) is 0 Å². The lowest BCUT2D eigenvalue weighted by atomic mass is 10.3. The van der Waals surface area contributed by atoms with E-state index in [-0.39, 0.29) is 17.8 Å². The second kappa shape index (κ2) is 9.12. The SMILES string of the molecule is CCOc1ccccc1OCC(=O)NNC(=O)C(C)SC. The fourth-order valence-electron chi connectivity index (χ4n) is 1.36. The van der Waals surface area contributed by atoms with Gasteiger partial charge >= 0.3 is 0 Å². The van der Waals surface area contributed by atoms with E-state index in [9.17, 15) is 9.59 Å². The molecule has 1 aromatic carbocycles. The van der Waals surface area contributed by atoms with Crippen LogP contribution in [0, 0.1) is 0 Å². The Hall–Kier alpha value is -1.89. The molecule has 1 atom stereocenters. The van der Waals surface area contributed by atoms with Gasteiger partial charge in [0.05, 0.1) is 11.9 Å². The fourth-order valence-corrected chi connectivity index (χ4v) is 1.64. The molecule has 0 heterocycles. The summed E-state index contributed by atoms with van der Waals surface area (Å²) < 4.78 is 10.8. The number of nitrogens with one attached hydrogen (secondary N) is 2. The molecule has 0 radical (unpaired) electrons. The summed E-state index contributed by atoms with van der Waals surface area (Å²) in [6.45, 7) is 3.92. The Labute approximate surface area is 128 Å². The Morgan fingerprint density at radius 2 is 1.81 bits per heavy atom. The summed E-state index contributed by atoms with van der Waals surface area (Å²) in [4.78, 5) is 23.1. The molecular formula is C14H20N2O4S. The first-order valence-corrected chi connectivity index (χ1v) is 7.83. The van der Waals surface area contributed by atoms with Crippen LogP contribution in [0.5, 0.6) is 11.5 Å². The van der Waals surface area contributed by atoms with E-state index in [1.165, 1.54) is 11.8 Å². The second-order valence-electron chi connectivity index (χ2n) is 4.08. The quantitative estimate of drug-likeness (QED) is 0.744. The van der Waals surface area contributed by atoms with Crippen molar-refractivity contribution < 1.29 is 19.1 Å². The number of para-hydroxylation sites is 2. The van der Waals surface area contributed by atoms with Gasteiger partial charge in [-0.2, -0.15) is 11.8 Å². The maximum atomic E-state index is 11.6. The molecule has 0 saturated heterocycles.